The highest BCUT2D eigenvalue weighted by Gasteiger charge is 2.10. The quantitative estimate of drug-likeness (QED) is 0.811. The van der Waals surface area contributed by atoms with Gasteiger partial charge in [-0.05, 0) is 13.0 Å². The molecular formula is C13H11Cl3N2O2S. The second kappa shape index (κ2) is 7.31. The summed E-state index contributed by atoms with van der Waals surface area (Å²) in [5, 5.41) is 6.42. The van der Waals surface area contributed by atoms with Crippen LogP contribution in [0, 0.1) is 6.92 Å². The van der Waals surface area contributed by atoms with E-state index in [1.54, 1.807) is 0 Å². The van der Waals surface area contributed by atoms with Gasteiger partial charge in [0, 0.05) is 17.1 Å². The topological polar surface area (TPSA) is 51.2 Å². The van der Waals surface area contributed by atoms with E-state index in [0.29, 0.717) is 27.4 Å². The number of benzene rings is 1. The first kappa shape index (κ1) is 16.4. The third-order valence-electron chi connectivity index (χ3n) is 2.44. The zero-order chi connectivity index (χ0) is 15.4. The second-order valence-corrected chi connectivity index (χ2v) is 6.31. The zero-order valence-corrected chi connectivity index (χ0v) is 14.0. The van der Waals surface area contributed by atoms with Crippen LogP contribution < -0.4 is 10.1 Å². The van der Waals surface area contributed by atoms with Crippen molar-refractivity contribution in [2.75, 3.05) is 6.61 Å². The molecule has 112 valence electrons. The van der Waals surface area contributed by atoms with Crippen molar-refractivity contribution in [2.24, 2.45) is 0 Å². The molecule has 21 heavy (non-hydrogen) atoms. The Morgan fingerprint density at radius 3 is 2.67 bits per heavy atom. The number of thiazole rings is 1. The number of aryl methyl sites for hydroxylation is 1. The number of hydrogen-bond acceptors (Lipinski definition) is 4. The van der Waals surface area contributed by atoms with E-state index in [-0.39, 0.29) is 12.5 Å². The summed E-state index contributed by atoms with van der Waals surface area (Å²) in [7, 11) is 0. The minimum absolute atomic E-state index is 0.165. The van der Waals surface area contributed by atoms with Crippen LogP contribution in [0.15, 0.2) is 17.5 Å². The number of rotatable bonds is 5. The predicted octanol–water partition coefficient (Wildman–Crippen LogP) is 4.11. The van der Waals surface area contributed by atoms with Gasteiger partial charge in [0.1, 0.15) is 10.8 Å². The molecule has 0 aliphatic rings. The van der Waals surface area contributed by atoms with Crippen molar-refractivity contribution >= 4 is 52.0 Å². The lowest BCUT2D eigenvalue weighted by atomic mass is 10.3. The molecule has 0 fully saturated rings. The Bertz CT molecular complexity index is 661. The fraction of sp³-hybridized carbons (Fsp3) is 0.231. The number of ether oxygens (including phenoxy) is 1. The predicted molar refractivity (Wildman–Crippen MR) is 85.7 cm³/mol. The molecule has 0 unspecified atom stereocenters. The van der Waals surface area contributed by atoms with Gasteiger partial charge >= 0.3 is 0 Å². The smallest absolute Gasteiger partial charge is 0.258 e. The average Bonchev–Trinajstić information content (AvgIpc) is 2.85. The van der Waals surface area contributed by atoms with Crippen LogP contribution in [0.1, 0.15) is 10.7 Å². The molecule has 0 saturated heterocycles. The van der Waals surface area contributed by atoms with Crippen molar-refractivity contribution in [3.63, 3.8) is 0 Å². The highest BCUT2D eigenvalue weighted by molar-refractivity contribution is 7.09. The number of aromatic nitrogens is 1. The van der Waals surface area contributed by atoms with E-state index in [0.717, 1.165) is 10.7 Å². The Morgan fingerprint density at radius 1 is 1.29 bits per heavy atom. The van der Waals surface area contributed by atoms with E-state index in [4.69, 9.17) is 39.5 Å². The van der Waals surface area contributed by atoms with Crippen LogP contribution in [0.2, 0.25) is 15.1 Å². The van der Waals surface area contributed by atoms with Gasteiger partial charge in [-0.3, -0.25) is 4.79 Å². The summed E-state index contributed by atoms with van der Waals surface area (Å²) in [5.41, 5.74) is 0.933. The van der Waals surface area contributed by atoms with Crippen LogP contribution in [-0.2, 0) is 11.3 Å². The Balaban J connectivity index is 1.85. The molecule has 0 radical (unpaired) electrons. The van der Waals surface area contributed by atoms with Crippen molar-refractivity contribution in [2.45, 2.75) is 13.5 Å². The zero-order valence-electron chi connectivity index (χ0n) is 11.0. The van der Waals surface area contributed by atoms with Crippen molar-refractivity contribution in [1.29, 1.82) is 0 Å². The Kier molecular flexibility index (Phi) is 5.70. The van der Waals surface area contributed by atoms with Crippen LogP contribution in [0.5, 0.6) is 5.75 Å². The molecule has 0 saturated carbocycles. The van der Waals surface area contributed by atoms with Gasteiger partial charge in [0.05, 0.1) is 21.6 Å². The number of amides is 1. The number of hydrogen-bond donors (Lipinski definition) is 1. The van der Waals surface area contributed by atoms with Gasteiger partial charge in [0.2, 0.25) is 0 Å². The molecule has 0 atom stereocenters. The third kappa shape index (κ3) is 4.74. The van der Waals surface area contributed by atoms with Crippen molar-refractivity contribution < 1.29 is 9.53 Å². The lowest BCUT2D eigenvalue weighted by molar-refractivity contribution is -0.123. The monoisotopic (exact) mass is 364 g/mol. The molecule has 1 amide bonds. The van der Waals surface area contributed by atoms with Gasteiger partial charge in [-0.1, -0.05) is 34.8 Å². The van der Waals surface area contributed by atoms with E-state index in [1.165, 1.54) is 23.5 Å². The van der Waals surface area contributed by atoms with E-state index in [1.807, 2.05) is 12.3 Å². The SMILES string of the molecule is Cc1csc(CNC(=O)COc2cc(Cl)c(Cl)cc2Cl)n1. The standard InChI is InChI=1S/C13H11Cl3N2O2S/c1-7-6-21-13(18-7)4-17-12(19)5-20-11-3-9(15)8(14)2-10(11)16/h2-3,6H,4-5H2,1H3,(H,17,19). The van der Waals surface area contributed by atoms with Crippen molar-refractivity contribution in [3.05, 3.63) is 43.3 Å². The fourth-order valence-electron chi connectivity index (χ4n) is 1.47. The highest BCUT2D eigenvalue weighted by Crippen LogP contribution is 2.33. The average molecular weight is 366 g/mol. The first-order valence-corrected chi connectivity index (χ1v) is 7.92. The Labute approximate surface area is 141 Å². The van der Waals surface area contributed by atoms with Crippen LogP contribution in [0.3, 0.4) is 0 Å². The maximum atomic E-state index is 11.7. The molecule has 1 N–H and O–H groups in total. The summed E-state index contributed by atoms with van der Waals surface area (Å²) in [6.45, 7) is 2.11. The largest absolute Gasteiger partial charge is 0.482 e. The van der Waals surface area contributed by atoms with E-state index in [9.17, 15) is 4.79 Å². The van der Waals surface area contributed by atoms with Gasteiger partial charge in [-0.2, -0.15) is 0 Å². The summed E-state index contributed by atoms with van der Waals surface area (Å²) >= 11 is 19.1. The van der Waals surface area contributed by atoms with E-state index < -0.39 is 0 Å². The summed E-state index contributed by atoms with van der Waals surface area (Å²) in [4.78, 5) is 15.9. The van der Waals surface area contributed by atoms with E-state index >= 15 is 0 Å². The third-order valence-corrected chi connectivity index (χ3v) is 4.42. The lowest BCUT2D eigenvalue weighted by Gasteiger charge is -2.09. The molecule has 1 aromatic carbocycles. The lowest BCUT2D eigenvalue weighted by Crippen LogP contribution is -2.28. The molecular weight excluding hydrogens is 355 g/mol. The molecule has 1 heterocycles. The van der Waals surface area contributed by atoms with E-state index in [2.05, 4.69) is 10.3 Å². The molecule has 0 aliphatic heterocycles. The van der Waals surface area contributed by atoms with Gasteiger partial charge < -0.3 is 10.1 Å². The summed E-state index contributed by atoms with van der Waals surface area (Å²) in [5.74, 6) is 0.0382. The van der Waals surface area contributed by atoms with Gasteiger partial charge in [0.25, 0.3) is 5.91 Å². The molecule has 1 aromatic heterocycles. The first-order chi connectivity index (χ1) is 9.95. The molecule has 4 nitrogen and oxygen atoms in total. The number of carbonyl (C=O) groups excluding carboxylic acids is 1. The van der Waals surface area contributed by atoms with Crippen LogP contribution in [0.25, 0.3) is 0 Å². The molecule has 0 bridgehead atoms. The number of halogens is 3. The normalized spacial score (nSPS) is 10.5. The fourth-order valence-corrected chi connectivity index (χ4v) is 2.77. The maximum Gasteiger partial charge on any atom is 0.258 e. The molecule has 0 aliphatic carbocycles. The van der Waals surface area contributed by atoms with Crippen molar-refractivity contribution in [1.82, 2.24) is 10.3 Å². The second-order valence-electron chi connectivity index (χ2n) is 4.14. The first-order valence-electron chi connectivity index (χ1n) is 5.90. The van der Waals surface area contributed by atoms with Crippen LogP contribution in [0.4, 0.5) is 0 Å². The maximum absolute atomic E-state index is 11.7. The number of nitrogens with zero attached hydrogens (tertiary/aromatic N) is 1. The molecule has 0 spiro atoms. The Hall–Kier alpha value is -1.01. The van der Waals surface area contributed by atoms with Gasteiger partial charge in [-0.25, -0.2) is 4.98 Å². The molecule has 2 aromatic rings. The molecule has 2 rings (SSSR count). The van der Waals surface area contributed by atoms with Crippen LogP contribution >= 0.6 is 46.1 Å². The Morgan fingerprint density at radius 2 is 2.00 bits per heavy atom. The van der Waals surface area contributed by atoms with Gasteiger partial charge in [-0.15, -0.1) is 11.3 Å². The summed E-state index contributed by atoms with van der Waals surface area (Å²) in [6.07, 6.45) is 0. The number of nitrogens with one attached hydrogen (secondary N) is 1. The highest BCUT2D eigenvalue weighted by atomic mass is 35.5. The van der Waals surface area contributed by atoms with Crippen molar-refractivity contribution in [3.8, 4) is 5.75 Å². The summed E-state index contributed by atoms with van der Waals surface area (Å²) in [6, 6.07) is 2.95. The van der Waals surface area contributed by atoms with Crippen LogP contribution in [-0.4, -0.2) is 17.5 Å². The summed E-state index contributed by atoms with van der Waals surface area (Å²) < 4.78 is 5.32. The number of carbonyl (C=O) groups is 1. The minimum Gasteiger partial charge on any atom is -0.482 e. The molecule has 8 heteroatoms. The van der Waals surface area contributed by atoms with Gasteiger partial charge in [0.15, 0.2) is 6.61 Å². The minimum atomic E-state index is -0.273.